The van der Waals surface area contributed by atoms with Gasteiger partial charge in [-0.3, -0.25) is 9.59 Å². The third-order valence-corrected chi connectivity index (χ3v) is 9.82. The fraction of sp³-hybridized carbons (Fsp3) is 0.423. The smallest absolute Gasteiger partial charge is 0.319 e. The summed E-state index contributed by atoms with van der Waals surface area (Å²) in [4.78, 5) is 43.5. The zero-order chi connectivity index (χ0) is 28.7. The van der Waals surface area contributed by atoms with Crippen LogP contribution in [0.5, 0.6) is 0 Å². The minimum absolute atomic E-state index is 0.135. The first-order valence-electron chi connectivity index (χ1n) is 12.9. The summed E-state index contributed by atoms with van der Waals surface area (Å²) in [5, 5.41) is 6.72. The Morgan fingerprint density at radius 2 is 1.93 bits per heavy atom. The highest BCUT2D eigenvalue weighted by Crippen LogP contribution is 2.25. The molecule has 2 atom stereocenters. The van der Waals surface area contributed by atoms with Crippen LogP contribution in [0.15, 0.2) is 46.7 Å². The summed E-state index contributed by atoms with van der Waals surface area (Å²) >= 11 is 8.66. The van der Waals surface area contributed by atoms with Gasteiger partial charge in [0.2, 0.25) is 21.8 Å². The van der Waals surface area contributed by atoms with Crippen LogP contribution in [-0.4, -0.2) is 80.6 Å². The number of nitrogens with zero attached hydrogens (tertiary/aromatic N) is 2. The fourth-order valence-corrected chi connectivity index (χ4v) is 7.40. The van der Waals surface area contributed by atoms with Gasteiger partial charge < -0.3 is 20.4 Å². The summed E-state index contributed by atoms with van der Waals surface area (Å²) in [6.45, 7) is 1.07. The molecule has 3 heterocycles. The number of carbonyl (C=O) groups is 3. The van der Waals surface area contributed by atoms with Crippen molar-refractivity contribution in [2.24, 2.45) is 0 Å². The van der Waals surface area contributed by atoms with Crippen molar-refractivity contribution in [3.8, 4) is 0 Å². The third-order valence-electron chi connectivity index (χ3n) is 6.72. The van der Waals surface area contributed by atoms with Gasteiger partial charge in [-0.15, -0.1) is 23.1 Å². The Morgan fingerprint density at radius 3 is 2.67 bits per heavy atom. The second kappa shape index (κ2) is 13.9. The number of para-hydroxylation sites is 1. The summed E-state index contributed by atoms with van der Waals surface area (Å²) in [5.41, 5.74) is 0.715. The van der Waals surface area contributed by atoms with Crippen LogP contribution in [0.1, 0.15) is 30.6 Å². The highest BCUT2D eigenvalue weighted by molar-refractivity contribution is 7.98. The fourth-order valence-electron chi connectivity index (χ4n) is 4.77. The van der Waals surface area contributed by atoms with Gasteiger partial charge in [-0.25, -0.2) is 13.2 Å². The Labute approximate surface area is 247 Å². The van der Waals surface area contributed by atoms with Gasteiger partial charge in [0.05, 0.1) is 16.6 Å². The van der Waals surface area contributed by atoms with E-state index in [0.717, 1.165) is 23.1 Å². The number of thiophene rings is 1. The Bertz CT molecular complexity index is 1370. The van der Waals surface area contributed by atoms with Crippen molar-refractivity contribution in [3.63, 3.8) is 0 Å². The number of thioether (sulfide) groups is 1. The van der Waals surface area contributed by atoms with Crippen LogP contribution in [0.2, 0.25) is 4.34 Å². The SMILES string of the molecule is CSc1ccccc1NC(=O)NC[C@H]1CCCN1C(=O)CN1CCC[C@H](NS(=O)(=O)/C=C/c2ccc(Cl)s2)C1=O. The van der Waals surface area contributed by atoms with Crippen molar-refractivity contribution in [2.45, 2.75) is 42.7 Å². The van der Waals surface area contributed by atoms with Crippen LogP contribution < -0.4 is 15.4 Å². The Hall–Kier alpha value is -2.58. The van der Waals surface area contributed by atoms with E-state index < -0.39 is 22.0 Å². The quantitative estimate of drug-likeness (QED) is 0.345. The van der Waals surface area contributed by atoms with E-state index in [2.05, 4.69) is 15.4 Å². The minimum Gasteiger partial charge on any atom is -0.336 e. The number of benzene rings is 1. The molecule has 0 saturated carbocycles. The molecule has 1 aromatic carbocycles. The molecular weight excluding hydrogens is 594 g/mol. The van der Waals surface area contributed by atoms with E-state index in [9.17, 15) is 22.8 Å². The van der Waals surface area contributed by atoms with Gasteiger partial charge in [0.1, 0.15) is 6.04 Å². The van der Waals surface area contributed by atoms with Crippen LogP contribution >= 0.6 is 34.7 Å². The second-order valence-electron chi connectivity index (χ2n) is 9.48. The van der Waals surface area contributed by atoms with E-state index in [1.54, 1.807) is 17.0 Å². The zero-order valence-electron chi connectivity index (χ0n) is 22.0. The minimum atomic E-state index is -3.88. The number of amides is 4. The number of anilines is 1. The molecule has 0 aliphatic carbocycles. The van der Waals surface area contributed by atoms with E-state index in [1.165, 1.54) is 34.1 Å². The lowest BCUT2D eigenvalue weighted by Crippen LogP contribution is -2.55. The van der Waals surface area contributed by atoms with E-state index in [-0.39, 0.29) is 31.1 Å². The van der Waals surface area contributed by atoms with Crippen LogP contribution in [0.25, 0.3) is 6.08 Å². The van der Waals surface area contributed by atoms with Crippen molar-refractivity contribution >= 4 is 74.3 Å². The molecule has 2 saturated heterocycles. The average Bonchev–Trinajstić information content (AvgIpc) is 3.57. The molecule has 4 rings (SSSR count). The van der Waals surface area contributed by atoms with Crippen molar-refractivity contribution in [3.05, 3.63) is 51.0 Å². The molecule has 1 aromatic heterocycles. The number of halogens is 1. The first-order valence-corrected chi connectivity index (χ1v) is 16.8. The summed E-state index contributed by atoms with van der Waals surface area (Å²) < 4.78 is 28.1. The molecule has 40 heavy (non-hydrogen) atoms. The molecule has 2 aliphatic heterocycles. The van der Waals surface area contributed by atoms with Gasteiger partial charge in [0.25, 0.3) is 0 Å². The van der Waals surface area contributed by atoms with Crippen molar-refractivity contribution in [1.29, 1.82) is 0 Å². The molecule has 0 bridgehead atoms. The molecule has 216 valence electrons. The van der Waals surface area contributed by atoms with E-state index in [4.69, 9.17) is 11.6 Å². The first-order chi connectivity index (χ1) is 19.1. The Kier molecular flexibility index (Phi) is 10.5. The van der Waals surface area contributed by atoms with E-state index >= 15 is 0 Å². The molecule has 2 aliphatic rings. The maximum atomic E-state index is 13.2. The molecule has 3 N–H and O–H groups in total. The number of rotatable bonds is 10. The van der Waals surface area contributed by atoms with Gasteiger partial charge >= 0.3 is 6.03 Å². The molecule has 2 fully saturated rings. The molecule has 4 amide bonds. The normalized spacial score (nSPS) is 19.8. The number of piperidine rings is 1. The summed E-state index contributed by atoms with van der Waals surface area (Å²) in [6, 6.07) is 9.42. The van der Waals surface area contributed by atoms with Gasteiger partial charge in [-0.2, -0.15) is 4.72 Å². The number of urea groups is 1. The number of hydrogen-bond donors (Lipinski definition) is 3. The number of likely N-dealkylation sites (tertiary alicyclic amines) is 2. The molecular formula is C26H32ClN5O5S3. The van der Waals surface area contributed by atoms with Gasteiger partial charge in [0, 0.05) is 40.9 Å². The van der Waals surface area contributed by atoms with Crippen LogP contribution in [0, 0.1) is 0 Å². The Morgan fingerprint density at radius 1 is 1.15 bits per heavy atom. The largest absolute Gasteiger partial charge is 0.336 e. The summed E-state index contributed by atoms with van der Waals surface area (Å²) in [7, 11) is -3.88. The van der Waals surface area contributed by atoms with Crippen molar-refractivity contribution < 1.29 is 22.8 Å². The number of carbonyl (C=O) groups excluding carboxylic acids is 3. The average molecular weight is 626 g/mol. The lowest BCUT2D eigenvalue weighted by atomic mass is 10.1. The molecule has 0 unspecified atom stereocenters. The second-order valence-corrected chi connectivity index (χ2v) is 13.7. The highest BCUT2D eigenvalue weighted by atomic mass is 35.5. The maximum absolute atomic E-state index is 13.2. The topological polar surface area (TPSA) is 128 Å². The van der Waals surface area contributed by atoms with E-state index in [0.29, 0.717) is 40.8 Å². The van der Waals surface area contributed by atoms with Gasteiger partial charge in [-0.1, -0.05) is 23.7 Å². The molecule has 10 nitrogen and oxygen atoms in total. The van der Waals surface area contributed by atoms with Crippen molar-refractivity contribution in [1.82, 2.24) is 19.8 Å². The standard InChI is InChI=1S/C26H32ClN5O5S3/c1-38-22-9-3-2-7-20(22)29-26(35)28-16-18-6-4-14-32(18)24(33)17-31-13-5-8-21(25(31)34)30-40(36,37)15-12-19-10-11-23(27)39-19/h2-3,7,9-12,15,18,21,30H,4-6,8,13-14,16-17H2,1H3,(H2,28,29,35)/b15-12+/t18-,21+/m1/s1. The zero-order valence-corrected chi connectivity index (χ0v) is 25.2. The summed E-state index contributed by atoms with van der Waals surface area (Å²) in [5.74, 6) is -0.639. The number of hydrogen-bond acceptors (Lipinski definition) is 7. The van der Waals surface area contributed by atoms with Gasteiger partial charge in [0.15, 0.2) is 0 Å². The third kappa shape index (κ3) is 8.23. The summed E-state index contributed by atoms with van der Waals surface area (Å²) in [6.07, 6.45) is 5.83. The molecule has 0 spiro atoms. The van der Waals surface area contributed by atoms with Crippen molar-refractivity contribution in [2.75, 3.05) is 37.8 Å². The van der Waals surface area contributed by atoms with Crippen LogP contribution in [0.3, 0.4) is 0 Å². The molecule has 0 radical (unpaired) electrons. The predicted octanol–water partition coefficient (Wildman–Crippen LogP) is 3.82. The lowest BCUT2D eigenvalue weighted by Gasteiger charge is -2.34. The molecule has 2 aromatic rings. The Balaban J connectivity index is 1.29. The maximum Gasteiger partial charge on any atom is 0.319 e. The molecule has 14 heteroatoms. The van der Waals surface area contributed by atoms with Gasteiger partial charge in [-0.05, 0) is 62.3 Å². The highest BCUT2D eigenvalue weighted by Gasteiger charge is 2.35. The van der Waals surface area contributed by atoms with Crippen LogP contribution in [-0.2, 0) is 19.6 Å². The number of sulfonamides is 1. The van der Waals surface area contributed by atoms with E-state index in [1.807, 2.05) is 30.5 Å². The predicted molar refractivity (Wildman–Crippen MR) is 160 cm³/mol. The van der Waals surface area contributed by atoms with Crippen LogP contribution in [0.4, 0.5) is 10.5 Å². The first kappa shape index (κ1) is 30.4. The lowest BCUT2D eigenvalue weighted by molar-refractivity contribution is -0.143. The monoisotopic (exact) mass is 625 g/mol. The number of nitrogens with one attached hydrogen (secondary N) is 3.